The van der Waals surface area contributed by atoms with E-state index in [-0.39, 0.29) is 12.8 Å². The predicted molar refractivity (Wildman–Crippen MR) is 37.8 cm³/mol. The van der Waals surface area contributed by atoms with Crippen LogP contribution in [0.4, 0.5) is 8.78 Å². The highest BCUT2D eigenvalue weighted by Gasteiger charge is 2.31. The number of hydrogen-bond donors (Lipinski definition) is 0. The zero-order valence-electron chi connectivity index (χ0n) is 5.49. The maximum atomic E-state index is 12.6. The van der Waals surface area contributed by atoms with E-state index in [1.54, 1.807) is 0 Å². The molecule has 0 aliphatic heterocycles. The lowest BCUT2D eigenvalue weighted by atomic mass is 9.93. The van der Waals surface area contributed by atoms with Crippen molar-refractivity contribution in [2.45, 2.75) is 30.6 Å². The molecular weight excluding hydrogens is 158 g/mol. The van der Waals surface area contributed by atoms with Gasteiger partial charge in [0, 0.05) is 12.8 Å². The van der Waals surface area contributed by atoms with Gasteiger partial charge in [-0.1, -0.05) is 12.2 Å². The molecule has 0 heterocycles. The lowest BCUT2D eigenvalue weighted by Crippen LogP contribution is -2.29. The highest BCUT2D eigenvalue weighted by Crippen LogP contribution is 2.30. The molecule has 1 rings (SSSR count). The molecule has 0 aromatic heterocycles. The smallest absolute Gasteiger partial charge is 0.123 e. The van der Waals surface area contributed by atoms with Gasteiger partial charge in [0.1, 0.15) is 12.3 Å². The maximum absolute atomic E-state index is 12.6. The van der Waals surface area contributed by atoms with Crippen molar-refractivity contribution in [3.8, 4) is 0 Å². The molecule has 0 amide bonds. The van der Waals surface area contributed by atoms with Gasteiger partial charge in [-0.25, -0.2) is 8.78 Å². The summed E-state index contributed by atoms with van der Waals surface area (Å²) in [5.74, 6) is 0. The third kappa shape index (κ3) is 1.48. The summed E-state index contributed by atoms with van der Waals surface area (Å²) in [6.45, 7) is 3.48. The second-order valence-electron chi connectivity index (χ2n) is 2.61. The van der Waals surface area contributed by atoms with Crippen molar-refractivity contribution >= 4 is 11.6 Å². The average Bonchev–Trinajstić information content (AvgIpc) is 1.82. The van der Waals surface area contributed by atoms with E-state index in [2.05, 4.69) is 6.58 Å². The van der Waals surface area contributed by atoms with Crippen LogP contribution >= 0.6 is 11.6 Å². The molecule has 0 N–H and O–H groups in total. The molecule has 10 heavy (non-hydrogen) atoms. The molecule has 3 unspecified atom stereocenters. The van der Waals surface area contributed by atoms with Gasteiger partial charge in [-0.3, -0.25) is 0 Å². The molecule has 1 fully saturated rings. The third-order valence-electron chi connectivity index (χ3n) is 1.67. The largest absolute Gasteiger partial charge is 0.247 e. The highest BCUT2D eigenvalue weighted by molar-refractivity contribution is 6.22. The summed E-state index contributed by atoms with van der Waals surface area (Å²) in [6, 6.07) is 0. The van der Waals surface area contributed by atoms with Gasteiger partial charge in [-0.2, -0.15) is 0 Å². The number of hydrogen-bond acceptors (Lipinski definition) is 0. The summed E-state index contributed by atoms with van der Waals surface area (Å²) in [6.07, 6.45) is -2.20. The van der Waals surface area contributed by atoms with Crippen LogP contribution in [0.5, 0.6) is 0 Å². The number of alkyl halides is 3. The van der Waals surface area contributed by atoms with Gasteiger partial charge in [-0.15, -0.1) is 11.6 Å². The highest BCUT2D eigenvalue weighted by atomic mass is 35.5. The molecule has 3 atom stereocenters. The summed E-state index contributed by atoms with van der Waals surface area (Å²) in [5.41, 5.74) is 0.480. The van der Waals surface area contributed by atoms with Crippen LogP contribution in [0.1, 0.15) is 12.8 Å². The Morgan fingerprint density at radius 2 is 2.10 bits per heavy atom. The topological polar surface area (TPSA) is 0 Å². The zero-order valence-corrected chi connectivity index (χ0v) is 6.24. The molecule has 58 valence electrons. The first kappa shape index (κ1) is 7.99. The second kappa shape index (κ2) is 2.87. The van der Waals surface area contributed by atoms with E-state index in [4.69, 9.17) is 11.6 Å². The number of rotatable bonds is 0. The minimum atomic E-state index is -1.25. The van der Waals surface area contributed by atoms with Crippen LogP contribution in [-0.2, 0) is 0 Å². The summed E-state index contributed by atoms with van der Waals surface area (Å²) in [4.78, 5) is 0. The van der Waals surface area contributed by atoms with Crippen LogP contribution in [0.3, 0.4) is 0 Å². The van der Waals surface area contributed by atoms with Gasteiger partial charge in [-0.05, 0) is 0 Å². The van der Waals surface area contributed by atoms with Crippen molar-refractivity contribution in [3.63, 3.8) is 0 Å². The van der Waals surface area contributed by atoms with E-state index < -0.39 is 17.7 Å². The van der Waals surface area contributed by atoms with Gasteiger partial charge >= 0.3 is 0 Å². The molecule has 0 bridgehead atoms. The minimum Gasteiger partial charge on any atom is -0.247 e. The summed E-state index contributed by atoms with van der Waals surface area (Å²) < 4.78 is 25.1. The van der Waals surface area contributed by atoms with E-state index in [0.29, 0.717) is 5.57 Å². The fourth-order valence-corrected chi connectivity index (χ4v) is 1.29. The van der Waals surface area contributed by atoms with Gasteiger partial charge < -0.3 is 0 Å². The maximum Gasteiger partial charge on any atom is 0.123 e. The van der Waals surface area contributed by atoms with Gasteiger partial charge in [0.2, 0.25) is 0 Å². The quantitative estimate of drug-likeness (QED) is 0.383. The Kier molecular flexibility index (Phi) is 2.29. The molecule has 0 aromatic rings. The Morgan fingerprint density at radius 1 is 1.50 bits per heavy atom. The van der Waals surface area contributed by atoms with Crippen LogP contribution < -0.4 is 0 Å². The number of allylic oxidation sites excluding steroid dienone is 1. The Labute approximate surface area is 63.9 Å². The first-order valence-electron chi connectivity index (χ1n) is 3.21. The molecule has 1 aliphatic rings. The fourth-order valence-electron chi connectivity index (χ4n) is 1.10. The van der Waals surface area contributed by atoms with E-state index >= 15 is 0 Å². The molecule has 0 nitrogen and oxygen atoms in total. The van der Waals surface area contributed by atoms with Gasteiger partial charge in [0.05, 0.1) is 5.38 Å². The zero-order chi connectivity index (χ0) is 7.72. The summed E-state index contributed by atoms with van der Waals surface area (Å²) in [7, 11) is 0. The summed E-state index contributed by atoms with van der Waals surface area (Å²) in [5, 5.41) is -0.674. The first-order chi connectivity index (χ1) is 4.61. The lowest BCUT2D eigenvalue weighted by Gasteiger charge is -2.25. The van der Waals surface area contributed by atoms with Crippen molar-refractivity contribution in [2.75, 3.05) is 0 Å². The van der Waals surface area contributed by atoms with E-state index in [1.165, 1.54) is 0 Å². The van der Waals surface area contributed by atoms with Crippen LogP contribution in [-0.4, -0.2) is 17.7 Å². The van der Waals surface area contributed by atoms with Crippen molar-refractivity contribution < 1.29 is 8.78 Å². The molecule has 0 saturated heterocycles. The Hall–Kier alpha value is -0.110. The lowest BCUT2D eigenvalue weighted by molar-refractivity contribution is 0.192. The fraction of sp³-hybridized carbons (Fsp3) is 0.714. The van der Waals surface area contributed by atoms with E-state index in [9.17, 15) is 8.78 Å². The average molecular weight is 167 g/mol. The van der Waals surface area contributed by atoms with E-state index in [1.807, 2.05) is 0 Å². The van der Waals surface area contributed by atoms with Crippen LogP contribution in [0.15, 0.2) is 12.2 Å². The van der Waals surface area contributed by atoms with Crippen LogP contribution in [0.2, 0.25) is 0 Å². The molecule has 1 aliphatic carbocycles. The third-order valence-corrected chi connectivity index (χ3v) is 2.25. The van der Waals surface area contributed by atoms with Gasteiger partial charge in [0.25, 0.3) is 0 Å². The molecular formula is C7H9ClF2. The standard InChI is InChI=1S/C7H9ClF2/c1-4-2-5(9)3-6(10)7(4)8/h5-7H,1-3H2. The number of halogens is 3. The molecule has 1 saturated carbocycles. The van der Waals surface area contributed by atoms with Crippen LogP contribution in [0.25, 0.3) is 0 Å². The minimum absolute atomic E-state index is 0.0762. The van der Waals surface area contributed by atoms with Crippen molar-refractivity contribution in [1.82, 2.24) is 0 Å². The normalized spacial score (nSPS) is 41.9. The second-order valence-corrected chi connectivity index (χ2v) is 3.08. The van der Waals surface area contributed by atoms with E-state index in [0.717, 1.165) is 0 Å². The van der Waals surface area contributed by atoms with Crippen molar-refractivity contribution in [1.29, 1.82) is 0 Å². The molecule has 0 radical (unpaired) electrons. The Bertz CT molecular complexity index is 147. The molecule has 0 aromatic carbocycles. The van der Waals surface area contributed by atoms with Crippen molar-refractivity contribution in [2.24, 2.45) is 0 Å². The van der Waals surface area contributed by atoms with Crippen LogP contribution in [0, 0.1) is 0 Å². The van der Waals surface area contributed by atoms with Gasteiger partial charge in [0.15, 0.2) is 0 Å². The Balaban J connectivity index is 2.57. The Morgan fingerprint density at radius 3 is 2.60 bits per heavy atom. The molecule has 3 heteroatoms. The molecule has 0 spiro atoms. The summed E-state index contributed by atoms with van der Waals surface area (Å²) >= 11 is 5.54. The SMILES string of the molecule is C=C1CC(F)CC(F)C1Cl. The first-order valence-corrected chi connectivity index (χ1v) is 3.64. The monoisotopic (exact) mass is 166 g/mol. The van der Waals surface area contributed by atoms with Crippen molar-refractivity contribution in [3.05, 3.63) is 12.2 Å². The predicted octanol–water partition coefficient (Wildman–Crippen LogP) is 2.62.